The van der Waals surface area contributed by atoms with Crippen LogP contribution in [0.4, 0.5) is 0 Å². The first-order chi connectivity index (χ1) is 8.74. The molecular weight excluding hydrogens is 218 g/mol. The van der Waals surface area contributed by atoms with Crippen LogP contribution in [-0.4, -0.2) is 17.0 Å². The van der Waals surface area contributed by atoms with E-state index in [-0.39, 0.29) is 0 Å². The molecule has 2 aliphatic rings. The number of allylic oxidation sites excluding steroid dienone is 1. The predicted octanol–water partition coefficient (Wildman–Crippen LogP) is 4.15. The van der Waals surface area contributed by atoms with Crippen molar-refractivity contribution in [3.05, 3.63) is 47.0 Å². The Kier molecular flexibility index (Phi) is 3.25. The van der Waals surface area contributed by atoms with E-state index in [4.69, 9.17) is 0 Å². The minimum Gasteiger partial charge on any atom is -0.293 e. The van der Waals surface area contributed by atoms with E-state index in [9.17, 15) is 0 Å². The van der Waals surface area contributed by atoms with Gasteiger partial charge in [0, 0.05) is 18.6 Å². The van der Waals surface area contributed by atoms with Crippen molar-refractivity contribution in [2.45, 2.75) is 58.2 Å². The van der Waals surface area contributed by atoms with Crippen LogP contribution in [0.1, 0.15) is 45.1 Å². The van der Waals surface area contributed by atoms with Gasteiger partial charge in [0.25, 0.3) is 0 Å². The smallest absolute Gasteiger partial charge is 0.0239 e. The highest BCUT2D eigenvalue weighted by Crippen LogP contribution is 2.40. The van der Waals surface area contributed by atoms with Gasteiger partial charge < -0.3 is 0 Å². The van der Waals surface area contributed by atoms with Crippen molar-refractivity contribution in [2.75, 3.05) is 0 Å². The highest BCUT2D eigenvalue weighted by Gasteiger charge is 2.38. The zero-order valence-corrected chi connectivity index (χ0v) is 11.5. The fourth-order valence-electron chi connectivity index (χ4n) is 3.57. The molecule has 2 saturated heterocycles. The standard InChI is InChI=1S/C17H23N/c1-13(2)15-10-16-8-9-17(11-15)18(16)12-14-6-4-3-5-7-14/h3-7,16-17H,8-12H2,1-2H3/t16-,17+. The Bertz CT molecular complexity index is 426. The van der Waals surface area contributed by atoms with E-state index >= 15 is 0 Å². The van der Waals surface area contributed by atoms with Crippen LogP contribution >= 0.6 is 0 Å². The van der Waals surface area contributed by atoms with Crippen LogP contribution in [0, 0.1) is 0 Å². The van der Waals surface area contributed by atoms with Gasteiger partial charge in [-0.2, -0.15) is 0 Å². The normalized spacial score (nSPS) is 27.6. The first-order valence-electron chi connectivity index (χ1n) is 7.19. The van der Waals surface area contributed by atoms with Gasteiger partial charge in [0.05, 0.1) is 0 Å². The van der Waals surface area contributed by atoms with Gasteiger partial charge in [0.2, 0.25) is 0 Å². The second-order valence-corrected chi connectivity index (χ2v) is 6.05. The van der Waals surface area contributed by atoms with Gasteiger partial charge >= 0.3 is 0 Å². The molecule has 18 heavy (non-hydrogen) atoms. The molecule has 0 saturated carbocycles. The topological polar surface area (TPSA) is 3.24 Å². The maximum atomic E-state index is 2.75. The van der Waals surface area contributed by atoms with Crippen molar-refractivity contribution in [1.29, 1.82) is 0 Å². The lowest BCUT2D eigenvalue weighted by Crippen LogP contribution is -2.40. The van der Waals surface area contributed by atoms with Gasteiger partial charge in [-0.15, -0.1) is 0 Å². The molecule has 1 heteroatoms. The highest BCUT2D eigenvalue weighted by atomic mass is 15.2. The maximum Gasteiger partial charge on any atom is 0.0239 e. The fourth-order valence-corrected chi connectivity index (χ4v) is 3.57. The van der Waals surface area contributed by atoms with Crippen molar-refractivity contribution in [3.63, 3.8) is 0 Å². The molecule has 96 valence electrons. The number of rotatable bonds is 2. The molecule has 0 aromatic heterocycles. The highest BCUT2D eigenvalue weighted by molar-refractivity contribution is 5.21. The third kappa shape index (κ3) is 2.24. The average molecular weight is 241 g/mol. The summed E-state index contributed by atoms with van der Waals surface area (Å²) in [7, 11) is 0. The zero-order chi connectivity index (χ0) is 12.5. The van der Waals surface area contributed by atoms with Crippen LogP contribution in [0.3, 0.4) is 0 Å². The molecular formula is C17H23N. The number of hydrogen-bond acceptors (Lipinski definition) is 1. The molecule has 2 aliphatic heterocycles. The van der Waals surface area contributed by atoms with Crippen LogP contribution in [0.25, 0.3) is 0 Å². The Balaban J connectivity index is 1.75. The van der Waals surface area contributed by atoms with E-state index in [1.54, 1.807) is 11.1 Å². The van der Waals surface area contributed by atoms with Crippen molar-refractivity contribution in [3.8, 4) is 0 Å². The minimum atomic E-state index is 0.800. The van der Waals surface area contributed by atoms with Gasteiger partial charge in [-0.1, -0.05) is 41.5 Å². The molecule has 0 radical (unpaired) electrons. The van der Waals surface area contributed by atoms with Crippen LogP contribution in [0.2, 0.25) is 0 Å². The molecule has 0 spiro atoms. The van der Waals surface area contributed by atoms with E-state index in [2.05, 4.69) is 49.1 Å². The summed E-state index contributed by atoms with van der Waals surface area (Å²) in [5, 5.41) is 0. The summed E-state index contributed by atoms with van der Waals surface area (Å²) in [4.78, 5) is 2.75. The monoisotopic (exact) mass is 241 g/mol. The lowest BCUT2D eigenvalue weighted by Gasteiger charge is -2.36. The van der Waals surface area contributed by atoms with E-state index in [0.717, 1.165) is 18.6 Å². The van der Waals surface area contributed by atoms with Crippen LogP contribution in [0.5, 0.6) is 0 Å². The summed E-state index contributed by atoms with van der Waals surface area (Å²) >= 11 is 0. The van der Waals surface area contributed by atoms with E-state index < -0.39 is 0 Å². The molecule has 3 rings (SSSR count). The number of piperidine rings is 1. The van der Waals surface area contributed by atoms with Gasteiger partial charge in [-0.05, 0) is 45.1 Å². The zero-order valence-electron chi connectivity index (χ0n) is 11.5. The number of fused-ring (bicyclic) bond motifs is 2. The largest absolute Gasteiger partial charge is 0.293 e. The van der Waals surface area contributed by atoms with E-state index in [1.807, 2.05) is 0 Å². The summed E-state index contributed by atoms with van der Waals surface area (Å²) in [6.45, 7) is 5.70. The van der Waals surface area contributed by atoms with Crippen molar-refractivity contribution in [1.82, 2.24) is 4.90 Å². The average Bonchev–Trinajstić information content (AvgIpc) is 2.62. The lowest BCUT2D eigenvalue weighted by atomic mass is 9.93. The van der Waals surface area contributed by atoms with Crippen LogP contribution in [-0.2, 0) is 6.54 Å². The van der Waals surface area contributed by atoms with Crippen LogP contribution < -0.4 is 0 Å². The van der Waals surface area contributed by atoms with Crippen molar-refractivity contribution in [2.24, 2.45) is 0 Å². The Labute approximate surface area is 111 Å². The minimum absolute atomic E-state index is 0.800. The number of benzene rings is 1. The SMILES string of the molecule is CC(C)=C1C[C@H]2CC[C@@H](C1)N2Cc1ccccc1. The Morgan fingerprint density at radius 1 is 1.06 bits per heavy atom. The lowest BCUT2D eigenvalue weighted by molar-refractivity contribution is 0.156. The molecule has 1 nitrogen and oxygen atoms in total. The predicted molar refractivity (Wildman–Crippen MR) is 76.4 cm³/mol. The maximum absolute atomic E-state index is 2.75. The van der Waals surface area contributed by atoms with E-state index in [0.29, 0.717) is 0 Å². The van der Waals surface area contributed by atoms with Crippen molar-refractivity contribution >= 4 is 0 Å². The fraction of sp³-hybridized carbons (Fsp3) is 0.529. The first-order valence-corrected chi connectivity index (χ1v) is 7.19. The Hall–Kier alpha value is -1.08. The van der Waals surface area contributed by atoms with Gasteiger partial charge in [0.1, 0.15) is 0 Å². The summed E-state index contributed by atoms with van der Waals surface area (Å²) in [6, 6.07) is 12.5. The third-order valence-electron chi connectivity index (χ3n) is 4.65. The molecule has 2 atom stereocenters. The van der Waals surface area contributed by atoms with Gasteiger partial charge in [-0.3, -0.25) is 4.90 Å². The quantitative estimate of drug-likeness (QED) is 0.703. The second-order valence-electron chi connectivity index (χ2n) is 6.05. The molecule has 0 amide bonds. The van der Waals surface area contributed by atoms with E-state index in [1.165, 1.54) is 31.2 Å². The molecule has 2 heterocycles. The van der Waals surface area contributed by atoms with Gasteiger partial charge in [-0.25, -0.2) is 0 Å². The number of hydrogen-bond donors (Lipinski definition) is 0. The molecule has 2 bridgehead atoms. The molecule has 0 N–H and O–H groups in total. The molecule has 1 aromatic rings. The summed E-state index contributed by atoms with van der Waals surface area (Å²) in [5.41, 5.74) is 4.76. The molecule has 2 fully saturated rings. The third-order valence-corrected chi connectivity index (χ3v) is 4.65. The first kappa shape index (κ1) is 12.0. The van der Waals surface area contributed by atoms with Gasteiger partial charge in [0.15, 0.2) is 0 Å². The Morgan fingerprint density at radius 2 is 1.67 bits per heavy atom. The second kappa shape index (κ2) is 4.89. The summed E-state index contributed by atoms with van der Waals surface area (Å²) in [5.74, 6) is 0. The molecule has 1 aromatic carbocycles. The molecule has 0 unspecified atom stereocenters. The van der Waals surface area contributed by atoms with Crippen molar-refractivity contribution < 1.29 is 0 Å². The molecule has 0 aliphatic carbocycles. The number of nitrogens with zero attached hydrogens (tertiary/aromatic N) is 1. The summed E-state index contributed by atoms with van der Waals surface area (Å²) < 4.78 is 0. The Morgan fingerprint density at radius 3 is 2.22 bits per heavy atom. The summed E-state index contributed by atoms with van der Waals surface area (Å²) in [6.07, 6.45) is 5.42. The van der Waals surface area contributed by atoms with Crippen LogP contribution in [0.15, 0.2) is 41.5 Å².